The Morgan fingerprint density at radius 2 is 1.33 bits per heavy atom. The van der Waals surface area contributed by atoms with Crippen LogP contribution in [0, 0.1) is 5.41 Å². The first-order valence-corrected chi connectivity index (χ1v) is 9.32. The van der Waals surface area contributed by atoms with E-state index >= 15 is 0 Å². The molecule has 0 aliphatic rings. The van der Waals surface area contributed by atoms with Crippen LogP contribution in [0.2, 0.25) is 0 Å². The minimum atomic E-state index is 0.424. The molecule has 0 saturated carbocycles. The fourth-order valence-corrected chi connectivity index (χ4v) is 2.78. The summed E-state index contributed by atoms with van der Waals surface area (Å²) in [5.41, 5.74) is 0.424. The average Bonchev–Trinajstić information content (AvgIpc) is 2.45. The Hall–Kier alpha value is -0.0800. The van der Waals surface area contributed by atoms with Crippen LogP contribution in [0.1, 0.15) is 91.4 Å². The maximum atomic E-state index is 5.06. The zero-order chi connectivity index (χ0) is 15.8. The topological polar surface area (TPSA) is 21.3 Å². The molecule has 0 unspecified atom stereocenters. The van der Waals surface area contributed by atoms with Crippen molar-refractivity contribution < 1.29 is 4.74 Å². The first-order chi connectivity index (χ1) is 10.1. The quantitative estimate of drug-likeness (QED) is 0.377. The van der Waals surface area contributed by atoms with Gasteiger partial charge in [-0.1, -0.05) is 85.0 Å². The summed E-state index contributed by atoms with van der Waals surface area (Å²) in [4.78, 5) is 0. The molecule has 0 aromatic heterocycles. The van der Waals surface area contributed by atoms with Crippen LogP contribution in [0.3, 0.4) is 0 Å². The lowest BCUT2D eigenvalue weighted by Gasteiger charge is -2.25. The van der Waals surface area contributed by atoms with Crippen LogP contribution in [-0.4, -0.2) is 26.8 Å². The molecule has 0 aromatic rings. The van der Waals surface area contributed by atoms with E-state index in [0.29, 0.717) is 5.41 Å². The van der Waals surface area contributed by atoms with Gasteiger partial charge in [0.2, 0.25) is 0 Å². The number of hydrogen-bond donors (Lipinski definition) is 1. The molecule has 0 aliphatic heterocycles. The van der Waals surface area contributed by atoms with E-state index in [1.54, 1.807) is 7.11 Å². The smallest absolute Gasteiger partial charge is 0.0587 e. The van der Waals surface area contributed by atoms with Gasteiger partial charge in [0.1, 0.15) is 0 Å². The average molecular weight is 300 g/mol. The molecule has 1 N–H and O–H groups in total. The maximum absolute atomic E-state index is 5.06. The Morgan fingerprint density at radius 1 is 0.810 bits per heavy atom. The number of nitrogens with one attached hydrogen (secondary N) is 1. The van der Waals surface area contributed by atoms with Crippen LogP contribution >= 0.6 is 0 Å². The Morgan fingerprint density at radius 3 is 1.86 bits per heavy atom. The van der Waals surface area contributed by atoms with Crippen LogP contribution < -0.4 is 5.32 Å². The third-order valence-electron chi connectivity index (χ3n) is 4.29. The molecule has 0 saturated heterocycles. The minimum Gasteiger partial charge on any atom is -0.383 e. The molecule has 2 nitrogen and oxygen atoms in total. The van der Waals surface area contributed by atoms with Crippen molar-refractivity contribution in [1.82, 2.24) is 5.32 Å². The van der Waals surface area contributed by atoms with Crippen LogP contribution in [0.15, 0.2) is 0 Å². The summed E-state index contributed by atoms with van der Waals surface area (Å²) in [6.07, 6.45) is 15.6. The Balaban J connectivity index is 3.28. The van der Waals surface area contributed by atoms with Gasteiger partial charge < -0.3 is 10.1 Å². The third kappa shape index (κ3) is 16.1. The molecule has 0 amide bonds. The van der Waals surface area contributed by atoms with Crippen molar-refractivity contribution in [3.05, 3.63) is 0 Å². The highest BCUT2D eigenvalue weighted by molar-refractivity contribution is 4.71. The van der Waals surface area contributed by atoms with Crippen molar-refractivity contribution in [3.8, 4) is 0 Å². The molecule has 21 heavy (non-hydrogen) atoms. The number of methoxy groups -OCH3 is 1. The molecule has 2 heteroatoms. The predicted molar refractivity (Wildman–Crippen MR) is 95.0 cm³/mol. The van der Waals surface area contributed by atoms with Gasteiger partial charge in [0.05, 0.1) is 6.61 Å². The van der Waals surface area contributed by atoms with E-state index in [1.165, 1.54) is 70.6 Å². The predicted octanol–water partition coefficient (Wildman–Crippen LogP) is 5.56. The van der Waals surface area contributed by atoms with E-state index in [9.17, 15) is 0 Å². The van der Waals surface area contributed by atoms with Gasteiger partial charge in [-0.05, 0) is 11.8 Å². The lowest BCUT2D eigenvalue weighted by Crippen LogP contribution is -2.31. The Kier molecular flexibility index (Phi) is 14.8. The summed E-state index contributed by atoms with van der Waals surface area (Å²) >= 11 is 0. The van der Waals surface area contributed by atoms with Gasteiger partial charge in [-0.15, -0.1) is 0 Å². The van der Waals surface area contributed by atoms with E-state index in [-0.39, 0.29) is 0 Å². The highest BCUT2D eigenvalue weighted by atomic mass is 16.5. The highest BCUT2D eigenvalue weighted by Crippen LogP contribution is 2.23. The molecular weight excluding hydrogens is 258 g/mol. The van der Waals surface area contributed by atoms with E-state index in [2.05, 4.69) is 26.1 Å². The van der Waals surface area contributed by atoms with E-state index in [4.69, 9.17) is 4.74 Å². The molecule has 0 atom stereocenters. The Bertz CT molecular complexity index is 204. The summed E-state index contributed by atoms with van der Waals surface area (Å²) in [6.45, 7) is 9.93. The number of ether oxygens (including phenoxy) is 1. The van der Waals surface area contributed by atoms with Crippen molar-refractivity contribution in [2.45, 2.75) is 91.4 Å². The first-order valence-electron chi connectivity index (χ1n) is 9.32. The van der Waals surface area contributed by atoms with Crippen LogP contribution in [0.5, 0.6) is 0 Å². The number of hydrogen-bond acceptors (Lipinski definition) is 2. The molecule has 0 aliphatic carbocycles. The molecule has 0 spiro atoms. The van der Waals surface area contributed by atoms with E-state index in [0.717, 1.165) is 19.7 Å². The second kappa shape index (κ2) is 14.8. The summed E-state index contributed by atoms with van der Waals surface area (Å²) in [6, 6.07) is 0. The monoisotopic (exact) mass is 299 g/mol. The first kappa shape index (κ1) is 20.9. The van der Waals surface area contributed by atoms with Crippen molar-refractivity contribution in [1.29, 1.82) is 0 Å². The fourth-order valence-electron chi connectivity index (χ4n) is 2.78. The Labute approximate surface area is 134 Å². The van der Waals surface area contributed by atoms with Gasteiger partial charge in [-0.3, -0.25) is 0 Å². The molecule has 0 radical (unpaired) electrons. The third-order valence-corrected chi connectivity index (χ3v) is 4.29. The largest absolute Gasteiger partial charge is 0.383 e. The molecule has 0 fully saturated rings. The van der Waals surface area contributed by atoms with Crippen LogP contribution in [0.4, 0.5) is 0 Å². The van der Waals surface area contributed by atoms with Gasteiger partial charge >= 0.3 is 0 Å². The minimum absolute atomic E-state index is 0.424. The summed E-state index contributed by atoms with van der Waals surface area (Å²) in [7, 11) is 1.76. The van der Waals surface area contributed by atoms with Gasteiger partial charge in [0.15, 0.2) is 0 Å². The van der Waals surface area contributed by atoms with E-state index < -0.39 is 0 Å². The van der Waals surface area contributed by atoms with Gasteiger partial charge in [-0.2, -0.15) is 0 Å². The SMILES string of the molecule is CCCCCCCCCCCCC(C)(C)CNCCOC. The second-order valence-corrected chi connectivity index (χ2v) is 7.27. The van der Waals surface area contributed by atoms with Gasteiger partial charge in [-0.25, -0.2) is 0 Å². The van der Waals surface area contributed by atoms with Gasteiger partial charge in [0.25, 0.3) is 0 Å². The van der Waals surface area contributed by atoms with Crippen molar-refractivity contribution in [3.63, 3.8) is 0 Å². The maximum Gasteiger partial charge on any atom is 0.0587 e. The fraction of sp³-hybridized carbons (Fsp3) is 1.00. The molecule has 128 valence electrons. The summed E-state index contributed by atoms with van der Waals surface area (Å²) < 4.78 is 5.06. The zero-order valence-corrected chi connectivity index (χ0v) is 15.3. The summed E-state index contributed by atoms with van der Waals surface area (Å²) in [5, 5.41) is 3.49. The standard InChI is InChI=1S/C19H41NO/c1-5-6-7-8-9-10-11-12-13-14-15-19(2,3)18-20-16-17-21-4/h20H,5-18H2,1-4H3. The normalized spacial score (nSPS) is 12.0. The molecule has 0 aromatic carbocycles. The second-order valence-electron chi connectivity index (χ2n) is 7.27. The van der Waals surface area contributed by atoms with Crippen molar-refractivity contribution in [2.24, 2.45) is 5.41 Å². The zero-order valence-electron chi connectivity index (χ0n) is 15.3. The van der Waals surface area contributed by atoms with Crippen molar-refractivity contribution >= 4 is 0 Å². The summed E-state index contributed by atoms with van der Waals surface area (Å²) in [5.74, 6) is 0. The van der Waals surface area contributed by atoms with Gasteiger partial charge in [0, 0.05) is 20.2 Å². The molecular formula is C19H41NO. The van der Waals surface area contributed by atoms with Crippen LogP contribution in [-0.2, 0) is 4.74 Å². The lowest BCUT2D eigenvalue weighted by atomic mass is 9.86. The lowest BCUT2D eigenvalue weighted by molar-refractivity contribution is 0.192. The van der Waals surface area contributed by atoms with E-state index in [1.807, 2.05) is 0 Å². The molecule has 0 heterocycles. The highest BCUT2D eigenvalue weighted by Gasteiger charge is 2.16. The number of rotatable bonds is 16. The number of unbranched alkanes of at least 4 members (excludes halogenated alkanes) is 9. The molecule has 0 bridgehead atoms. The van der Waals surface area contributed by atoms with Crippen LogP contribution in [0.25, 0.3) is 0 Å². The molecule has 0 rings (SSSR count). The van der Waals surface area contributed by atoms with Crippen molar-refractivity contribution in [2.75, 3.05) is 26.8 Å².